The van der Waals surface area contributed by atoms with E-state index in [0.717, 1.165) is 22.9 Å². The second kappa shape index (κ2) is 7.23. The first kappa shape index (κ1) is 17.4. The van der Waals surface area contributed by atoms with E-state index in [9.17, 15) is 14.7 Å². The van der Waals surface area contributed by atoms with E-state index in [1.165, 1.54) is 0 Å². The summed E-state index contributed by atoms with van der Waals surface area (Å²) in [4.78, 5) is 26.3. The summed E-state index contributed by atoms with van der Waals surface area (Å²) in [5.74, 6) is -1.69. The lowest BCUT2D eigenvalue weighted by atomic mass is 9.89. The van der Waals surface area contributed by atoms with Crippen LogP contribution in [0.3, 0.4) is 0 Å². The Balaban J connectivity index is 1.78. The van der Waals surface area contributed by atoms with E-state index >= 15 is 0 Å². The molecule has 2 heterocycles. The van der Waals surface area contributed by atoms with E-state index in [4.69, 9.17) is 4.74 Å². The first-order valence-electron chi connectivity index (χ1n) is 8.36. The second-order valence-corrected chi connectivity index (χ2v) is 7.59. The van der Waals surface area contributed by atoms with Gasteiger partial charge in [0.05, 0.1) is 17.9 Å². The Labute approximate surface area is 150 Å². The van der Waals surface area contributed by atoms with Crippen LogP contribution >= 0.6 is 15.9 Å². The summed E-state index contributed by atoms with van der Waals surface area (Å²) in [7, 11) is 0. The third kappa shape index (κ3) is 3.49. The number of ether oxygens (including phenoxy) is 1. The van der Waals surface area contributed by atoms with E-state index in [0.29, 0.717) is 13.2 Å². The van der Waals surface area contributed by atoms with Crippen molar-refractivity contribution in [3.63, 3.8) is 0 Å². The van der Waals surface area contributed by atoms with Gasteiger partial charge in [-0.3, -0.25) is 9.59 Å². The lowest BCUT2D eigenvalue weighted by molar-refractivity contribution is -0.144. The van der Waals surface area contributed by atoms with Gasteiger partial charge in [0.2, 0.25) is 5.91 Å². The molecule has 1 aromatic carbocycles. The zero-order valence-electron chi connectivity index (χ0n) is 13.7. The fraction of sp³-hybridized carbons (Fsp3) is 0.556. The van der Waals surface area contributed by atoms with Crippen LogP contribution in [0, 0.1) is 11.8 Å². The molecule has 6 heteroatoms. The largest absolute Gasteiger partial charge is 0.481 e. The average molecular weight is 396 g/mol. The zero-order chi connectivity index (χ0) is 17.3. The van der Waals surface area contributed by atoms with E-state index in [1.807, 2.05) is 31.2 Å². The Hall–Kier alpha value is -1.40. The van der Waals surface area contributed by atoms with Crippen LogP contribution in [0.1, 0.15) is 31.2 Å². The van der Waals surface area contributed by atoms with Crippen LogP contribution in [-0.2, 0) is 14.3 Å². The third-order valence-electron chi connectivity index (χ3n) is 5.17. The number of aliphatic carboxylic acids is 1. The highest BCUT2D eigenvalue weighted by Crippen LogP contribution is 2.35. The molecule has 1 aromatic rings. The van der Waals surface area contributed by atoms with Gasteiger partial charge in [0.1, 0.15) is 0 Å². The molecule has 1 amide bonds. The van der Waals surface area contributed by atoms with E-state index in [1.54, 1.807) is 4.90 Å². The van der Waals surface area contributed by atoms with Crippen molar-refractivity contribution >= 4 is 27.8 Å². The van der Waals surface area contributed by atoms with Crippen molar-refractivity contribution in [3.8, 4) is 0 Å². The van der Waals surface area contributed by atoms with Gasteiger partial charge in [-0.05, 0) is 37.5 Å². The number of halogens is 1. The van der Waals surface area contributed by atoms with Gasteiger partial charge < -0.3 is 14.7 Å². The van der Waals surface area contributed by atoms with Gasteiger partial charge in [-0.2, -0.15) is 0 Å². The summed E-state index contributed by atoms with van der Waals surface area (Å²) in [5, 5.41) is 9.59. The van der Waals surface area contributed by atoms with Gasteiger partial charge in [-0.15, -0.1) is 0 Å². The van der Waals surface area contributed by atoms with Crippen LogP contribution in [0.4, 0.5) is 0 Å². The molecule has 2 unspecified atom stereocenters. The van der Waals surface area contributed by atoms with Gasteiger partial charge in [0, 0.05) is 30.1 Å². The van der Waals surface area contributed by atoms with Crippen molar-refractivity contribution < 1.29 is 19.4 Å². The molecule has 0 saturated carbocycles. The predicted octanol–water partition coefficient (Wildman–Crippen LogP) is 2.89. The number of hydrogen-bond donors (Lipinski definition) is 1. The van der Waals surface area contributed by atoms with Gasteiger partial charge in [0.25, 0.3) is 0 Å². The number of carbonyl (C=O) groups is 2. The molecule has 0 spiro atoms. The summed E-state index contributed by atoms with van der Waals surface area (Å²) in [6.45, 7) is 3.36. The highest BCUT2D eigenvalue weighted by molar-refractivity contribution is 9.10. The summed E-state index contributed by atoms with van der Waals surface area (Å²) in [5.41, 5.74) is 0.967. The maximum absolute atomic E-state index is 12.9. The van der Waals surface area contributed by atoms with Gasteiger partial charge >= 0.3 is 5.97 Å². The molecule has 0 aromatic heterocycles. The number of benzene rings is 1. The Morgan fingerprint density at radius 3 is 2.54 bits per heavy atom. The van der Waals surface area contributed by atoms with Gasteiger partial charge in [-0.25, -0.2) is 0 Å². The molecule has 0 aliphatic carbocycles. The number of hydrogen-bond acceptors (Lipinski definition) is 3. The van der Waals surface area contributed by atoms with Crippen LogP contribution in [0.15, 0.2) is 28.7 Å². The highest BCUT2D eigenvalue weighted by atomic mass is 79.9. The van der Waals surface area contributed by atoms with Crippen LogP contribution in [0.25, 0.3) is 0 Å². The summed E-state index contributed by atoms with van der Waals surface area (Å²) >= 11 is 3.40. The topological polar surface area (TPSA) is 66.8 Å². The Morgan fingerprint density at radius 2 is 1.92 bits per heavy atom. The van der Waals surface area contributed by atoms with Crippen LogP contribution < -0.4 is 0 Å². The molecule has 1 N–H and O–H groups in total. The number of amides is 1. The fourth-order valence-electron chi connectivity index (χ4n) is 3.76. The van der Waals surface area contributed by atoms with Crippen LogP contribution in [0.2, 0.25) is 0 Å². The molecule has 5 nitrogen and oxygen atoms in total. The standard InChI is InChI=1S/C18H22BrNO4/c1-11-14(3-2-8-24-11)17(21)20-9-15(16(10-20)18(22)23)12-4-6-13(19)7-5-12/h4-7,11,14-16H,2-3,8-10H2,1H3,(H,22,23)/t11?,14?,15-,16+/m1/s1. The molecule has 130 valence electrons. The second-order valence-electron chi connectivity index (χ2n) is 6.67. The van der Waals surface area contributed by atoms with Crippen molar-refractivity contribution in [2.45, 2.75) is 31.8 Å². The van der Waals surface area contributed by atoms with E-state index in [-0.39, 0.29) is 30.4 Å². The first-order chi connectivity index (χ1) is 11.5. The zero-order valence-corrected chi connectivity index (χ0v) is 15.2. The van der Waals surface area contributed by atoms with Crippen molar-refractivity contribution in [2.75, 3.05) is 19.7 Å². The molecule has 3 rings (SSSR count). The lowest BCUT2D eigenvalue weighted by Crippen LogP contribution is -2.42. The Morgan fingerprint density at radius 1 is 1.21 bits per heavy atom. The molecule has 2 saturated heterocycles. The van der Waals surface area contributed by atoms with Crippen LogP contribution in [0.5, 0.6) is 0 Å². The molecule has 2 aliphatic rings. The molecule has 4 atom stereocenters. The fourth-order valence-corrected chi connectivity index (χ4v) is 4.03. The number of likely N-dealkylation sites (tertiary alicyclic amines) is 1. The third-order valence-corrected chi connectivity index (χ3v) is 5.70. The molecule has 2 aliphatic heterocycles. The smallest absolute Gasteiger partial charge is 0.308 e. The molecule has 0 bridgehead atoms. The molecule has 2 fully saturated rings. The van der Waals surface area contributed by atoms with E-state index < -0.39 is 11.9 Å². The Bertz CT molecular complexity index is 618. The summed E-state index contributed by atoms with van der Waals surface area (Å²) < 4.78 is 6.56. The minimum absolute atomic E-state index is 0.0352. The van der Waals surface area contributed by atoms with Crippen molar-refractivity contribution in [3.05, 3.63) is 34.3 Å². The lowest BCUT2D eigenvalue weighted by Gasteiger charge is -2.31. The highest BCUT2D eigenvalue weighted by Gasteiger charge is 2.43. The molecular formula is C18H22BrNO4. The number of carboxylic acids is 1. The maximum Gasteiger partial charge on any atom is 0.308 e. The van der Waals surface area contributed by atoms with Gasteiger partial charge in [-0.1, -0.05) is 28.1 Å². The minimum Gasteiger partial charge on any atom is -0.481 e. The molecule has 0 radical (unpaired) electrons. The SMILES string of the molecule is CC1OCCCC1C(=O)N1C[C@H](C(=O)O)[C@@H](c2ccc(Br)cc2)C1. The number of carboxylic acid groups (broad SMARTS) is 1. The predicted molar refractivity (Wildman–Crippen MR) is 92.7 cm³/mol. The molecule has 24 heavy (non-hydrogen) atoms. The van der Waals surface area contributed by atoms with Crippen molar-refractivity contribution in [1.82, 2.24) is 4.90 Å². The maximum atomic E-state index is 12.9. The average Bonchev–Trinajstić information content (AvgIpc) is 3.01. The number of carbonyl (C=O) groups excluding carboxylic acids is 1. The monoisotopic (exact) mass is 395 g/mol. The summed E-state index contributed by atoms with van der Waals surface area (Å²) in [6.07, 6.45) is 1.60. The first-order valence-corrected chi connectivity index (χ1v) is 9.15. The number of nitrogens with zero attached hydrogens (tertiary/aromatic N) is 1. The summed E-state index contributed by atoms with van der Waals surface area (Å²) in [6, 6.07) is 7.70. The Kier molecular flexibility index (Phi) is 5.25. The quantitative estimate of drug-likeness (QED) is 0.854. The van der Waals surface area contributed by atoms with Gasteiger partial charge in [0.15, 0.2) is 0 Å². The normalized spacial score (nSPS) is 30.3. The van der Waals surface area contributed by atoms with Crippen LogP contribution in [-0.4, -0.2) is 47.7 Å². The molecular weight excluding hydrogens is 374 g/mol. The van der Waals surface area contributed by atoms with Crippen molar-refractivity contribution in [1.29, 1.82) is 0 Å². The van der Waals surface area contributed by atoms with E-state index in [2.05, 4.69) is 15.9 Å². The minimum atomic E-state index is -0.842. The van der Waals surface area contributed by atoms with Crippen molar-refractivity contribution in [2.24, 2.45) is 11.8 Å². The number of rotatable bonds is 3.